The summed E-state index contributed by atoms with van der Waals surface area (Å²) in [7, 11) is 0. The van der Waals surface area contributed by atoms with Gasteiger partial charge in [0.25, 0.3) is 0 Å². The number of nitrogens with zero attached hydrogens (tertiary/aromatic N) is 1. The molecule has 1 aliphatic rings. The van der Waals surface area contributed by atoms with Gasteiger partial charge in [-0.1, -0.05) is 30.3 Å². The molecule has 0 aromatic heterocycles. The standard InChI is InChI=1S/C20H24N2O3/c1-15-14-22(10-11-25-15)19-5-3-2-4-18(19)13-21-12-16-6-8-17(9-7-16)20(23)24/h2-9,15,21H,10-14H2,1H3,(H,23,24). The molecule has 1 saturated heterocycles. The van der Waals surface area contributed by atoms with Crippen LogP contribution in [-0.2, 0) is 17.8 Å². The Morgan fingerprint density at radius 3 is 2.68 bits per heavy atom. The second-order valence-corrected chi connectivity index (χ2v) is 6.36. The molecule has 0 aliphatic carbocycles. The van der Waals surface area contributed by atoms with E-state index in [9.17, 15) is 4.79 Å². The zero-order valence-corrected chi connectivity index (χ0v) is 14.4. The summed E-state index contributed by atoms with van der Waals surface area (Å²) < 4.78 is 5.64. The van der Waals surface area contributed by atoms with Gasteiger partial charge >= 0.3 is 5.97 Å². The van der Waals surface area contributed by atoms with Crippen molar-refractivity contribution in [2.75, 3.05) is 24.6 Å². The van der Waals surface area contributed by atoms with Crippen molar-refractivity contribution in [1.29, 1.82) is 0 Å². The second-order valence-electron chi connectivity index (χ2n) is 6.36. The largest absolute Gasteiger partial charge is 0.478 e. The predicted octanol–water partition coefficient (Wildman–Crippen LogP) is 2.90. The Hall–Kier alpha value is -2.37. The molecule has 3 rings (SSSR count). The molecular formula is C20H24N2O3. The molecule has 1 heterocycles. The lowest BCUT2D eigenvalue weighted by molar-refractivity contribution is 0.0531. The van der Waals surface area contributed by atoms with Gasteiger partial charge in [0.05, 0.1) is 18.3 Å². The number of carbonyl (C=O) groups is 1. The molecule has 0 bridgehead atoms. The van der Waals surface area contributed by atoms with Crippen LogP contribution in [0.15, 0.2) is 48.5 Å². The minimum absolute atomic E-state index is 0.252. The van der Waals surface area contributed by atoms with Crippen molar-refractivity contribution >= 4 is 11.7 Å². The highest BCUT2D eigenvalue weighted by atomic mass is 16.5. The number of carboxylic acid groups (broad SMARTS) is 1. The van der Waals surface area contributed by atoms with Gasteiger partial charge in [0.15, 0.2) is 0 Å². The van der Waals surface area contributed by atoms with Gasteiger partial charge in [0.1, 0.15) is 0 Å². The number of hydrogen-bond donors (Lipinski definition) is 2. The van der Waals surface area contributed by atoms with Crippen LogP contribution >= 0.6 is 0 Å². The van der Waals surface area contributed by atoms with E-state index < -0.39 is 5.97 Å². The van der Waals surface area contributed by atoms with Crippen molar-refractivity contribution in [3.63, 3.8) is 0 Å². The highest BCUT2D eigenvalue weighted by Gasteiger charge is 2.18. The van der Waals surface area contributed by atoms with Crippen molar-refractivity contribution in [2.45, 2.75) is 26.1 Å². The highest BCUT2D eigenvalue weighted by Crippen LogP contribution is 2.22. The van der Waals surface area contributed by atoms with E-state index in [-0.39, 0.29) is 6.10 Å². The quantitative estimate of drug-likeness (QED) is 0.847. The average Bonchev–Trinajstić information content (AvgIpc) is 2.62. The summed E-state index contributed by atoms with van der Waals surface area (Å²) in [6.07, 6.45) is 0.252. The number of rotatable bonds is 6. The van der Waals surface area contributed by atoms with Crippen LogP contribution < -0.4 is 10.2 Å². The van der Waals surface area contributed by atoms with E-state index in [0.717, 1.165) is 31.8 Å². The van der Waals surface area contributed by atoms with Gasteiger partial charge in [0, 0.05) is 31.9 Å². The summed E-state index contributed by atoms with van der Waals surface area (Å²) >= 11 is 0. The van der Waals surface area contributed by atoms with Gasteiger partial charge in [0.2, 0.25) is 0 Å². The minimum Gasteiger partial charge on any atom is -0.478 e. The maximum absolute atomic E-state index is 10.9. The van der Waals surface area contributed by atoms with Crippen molar-refractivity contribution in [3.8, 4) is 0 Å². The monoisotopic (exact) mass is 340 g/mol. The molecule has 5 heteroatoms. The Morgan fingerprint density at radius 2 is 1.96 bits per heavy atom. The first-order valence-electron chi connectivity index (χ1n) is 8.61. The molecule has 0 spiro atoms. The number of carboxylic acids is 1. The molecule has 1 fully saturated rings. The first-order valence-corrected chi connectivity index (χ1v) is 8.61. The number of morpholine rings is 1. The van der Waals surface area contributed by atoms with Gasteiger partial charge in [-0.3, -0.25) is 0 Å². The molecule has 2 aromatic rings. The Morgan fingerprint density at radius 1 is 1.20 bits per heavy atom. The maximum atomic E-state index is 10.9. The molecule has 132 valence electrons. The molecule has 2 aromatic carbocycles. The van der Waals surface area contributed by atoms with Crippen LogP contribution in [-0.4, -0.2) is 36.9 Å². The molecule has 0 radical (unpaired) electrons. The lowest BCUT2D eigenvalue weighted by Crippen LogP contribution is -2.41. The number of aromatic carboxylic acids is 1. The maximum Gasteiger partial charge on any atom is 0.335 e. The van der Waals surface area contributed by atoms with Crippen LogP contribution in [0.2, 0.25) is 0 Å². The van der Waals surface area contributed by atoms with Crippen molar-refractivity contribution < 1.29 is 14.6 Å². The summed E-state index contributed by atoms with van der Waals surface area (Å²) in [6, 6.07) is 15.4. The fourth-order valence-electron chi connectivity index (χ4n) is 3.11. The molecule has 5 nitrogen and oxygen atoms in total. The number of hydrogen-bond acceptors (Lipinski definition) is 4. The Labute approximate surface area is 148 Å². The van der Waals surface area contributed by atoms with Crippen LogP contribution in [0.4, 0.5) is 5.69 Å². The smallest absolute Gasteiger partial charge is 0.335 e. The first kappa shape index (κ1) is 17.5. The van der Waals surface area contributed by atoms with Crippen LogP contribution in [0.25, 0.3) is 0 Å². The first-order chi connectivity index (χ1) is 12.1. The average molecular weight is 340 g/mol. The fraction of sp³-hybridized carbons (Fsp3) is 0.350. The minimum atomic E-state index is -0.895. The van der Waals surface area contributed by atoms with E-state index in [2.05, 4.69) is 41.4 Å². The second kappa shape index (κ2) is 8.14. The number of anilines is 1. The zero-order chi connectivity index (χ0) is 17.6. The van der Waals surface area contributed by atoms with Gasteiger partial charge in [-0.2, -0.15) is 0 Å². The van der Waals surface area contributed by atoms with Gasteiger partial charge < -0.3 is 20.1 Å². The van der Waals surface area contributed by atoms with Gasteiger partial charge in [-0.15, -0.1) is 0 Å². The molecule has 1 atom stereocenters. The van der Waals surface area contributed by atoms with E-state index in [1.807, 2.05) is 12.1 Å². The summed E-state index contributed by atoms with van der Waals surface area (Å²) in [6.45, 7) is 6.16. The lowest BCUT2D eigenvalue weighted by Gasteiger charge is -2.34. The van der Waals surface area contributed by atoms with Crippen molar-refractivity contribution in [3.05, 3.63) is 65.2 Å². The number of ether oxygens (including phenoxy) is 1. The molecule has 1 unspecified atom stereocenters. The van der Waals surface area contributed by atoms with Crippen LogP contribution in [0.1, 0.15) is 28.4 Å². The Bertz CT molecular complexity index is 715. The molecule has 1 aliphatic heterocycles. The van der Waals surface area contributed by atoms with Crippen LogP contribution in [0, 0.1) is 0 Å². The van der Waals surface area contributed by atoms with Crippen LogP contribution in [0.3, 0.4) is 0 Å². The van der Waals surface area contributed by atoms with Crippen molar-refractivity contribution in [2.24, 2.45) is 0 Å². The summed E-state index contributed by atoms with van der Waals surface area (Å²) in [5, 5.41) is 12.4. The number of benzene rings is 2. The zero-order valence-electron chi connectivity index (χ0n) is 14.4. The lowest BCUT2D eigenvalue weighted by atomic mass is 10.1. The third-order valence-electron chi connectivity index (χ3n) is 4.42. The highest BCUT2D eigenvalue weighted by molar-refractivity contribution is 5.87. The molecular weight excluding hydrogens is 316 g/mol. The van der Waals surface area contributed by atoms with E-state index >= 15 is 0 Å². The summed E-state index contributed by atoms with van der Waals surface area (Å²) in [5.74, 6) is -0.895. The van der Waals surface area contributed by atoms with E-state index in [1.54, 1.807) is 12.1 Å². The van der Waals surface area contributed by atoms with Crippen molar-refractivity contribution in [1.82, 2.24) is 5.32 Å². The topological polar surface area (TPSA) is 61.8 Å². The van der Waals surface area contributed by atoms with E-state index in [0.29, 0.717) is 12.1 Å². The van der Waals surface area contributed by atoms with Gasteiger partial charge in [-0.05, 0) is 36.2 Å². The summed E-state index contributed by atoms with van der Waals surface area (Å²) in [4.78, 5) is 13.3. The third-order valence-corrected chi connectivity index (χ3v) is 4.42. The molecule has 0 saturated carbocycles. The fourth-order valence-corrected chi connectivity index (χ4v) is 3.11. The molecule has 0 amide bonds. The number of para-hydroxylation sites is 1. The van der Waals surface area contributed by atoms with Crippen LogP contribution in [0.5, 0.6) is 0 Å². The number of nitrogens with one attached hydrogen (secondary N) is 1. The summed E-state index contributed by atoms with van der Waals surface area (Å²) in [5.41, 5.74) is 3.91. The SMILES string of the molecule is CC1CN(c2ccccc2CNCc2ccc(C(=O)O)cc2)CCO1. The Balaban J connectivity index is 1.60. The predicted molar refractivity (Wildman–Crippen MR) is 98.0 cm³/mol. The third kappa shape index (κ3) is 4.59. The van der Waals surface area contributed by atoms with E-state index in [4.69, 9.17) is 9.84 Å². The Kier molecular flexibility index (Phi) is 5.68. The molecule has 2 N–H and O–H groups in total. The molecule has 25 heavy (non-hydrogen) atoms. The van der Waals surface area contributed by atoms with Gasteiger partial charge in [-0.25, -0.2) is 4.79 Å². The normalized spacial score (nSPS) is 17.5. The van der Waals surface area contributed by atoms with E-state index in [1.165, 1.54) is 11.3 Å².